The predicted molar refractivity (Wildman–Crippen MR) is 61.1 cm³/mol. The summed E-state index contributed by atoms with van der Waals surface area (Å²) in [6, 6.07) is 10.9. The molecule has 2 aromatic carbocycles. The highest BCUT2D eigenvalue weighted by Gasteiger charge is 2.02. The molecule has 2 nitrogen and oxygen atoms in total. The van der Waals surface area contributed by atoms with E-state index < -0.39 is 0 Å². The van der Waals surface area contributed by atoms with Gasteiger partial charge in [-0.2, -0.15) is 0 Å². The second kappa shape index (κ2) is 3.65. The number of hydrogen-bond acceptors (Lipinski definition) is 2. The molecule has 2 heteroatoms. The number of aromatic hydroxyl groups is 1. The maximum atomic E-state index is 9.41. The van der Waals surface area contributed by atoms with Gasteiger partial charge in [-0.15, -0.1) is 0 Å². The molecule has 1 N–H and O–H groups in total. The Morgan fingerprint density at radius 1 is 1.27 bits per heavy atom. The van der Waals surface area contributed by atoms with Crippen LogP contribution in [0.5, 0.6) is 11.5 Å². The fourth-order valence-electron chi connectivity index (χ4n) is 1.51. The molecular weight excluding hydrogens is 188 g/mol. The van der Waals surface area contributed by atoms with Crippen molar-refractivity contribution in [2.24, 2.45) is 0 Å². The van der Waals surface area contributed by atoms with Crippen molar-refractivity contribution in [3.63, 3.8) is 0 Å². The highest BCUT2D eigenvalue weighted by molar-refractivity contribution is 5.89. The molecule has 0 radical (unpaired) electrons. The van der Waals surface area contributed by atoms with E-state index in [1.807, 2.05) is 24.3 Å². The molecule has 2 aromatic rings. The van der Waals surface area contributed by atoms with Gasteiger partial charge in [-0.25, -0.2) is 0 Å². The number of phenols is 1. The fraction of sp³-hybridized carbons (Fsp3) is 0.0769. The number of phenolic OH excluding ortho intramolecular Hbond substituents is 1. The first-order valence-electron chi connectivity index (χ1n) is 4.72. The van der Waals surface area contributed by atoms with Crippen molar-refractivity contribution >= 4 is 10.8 Å². The van der Waals surface area contributed by atoms with Gasteiger partial charge >= 0.3 is 0 Å². The lowest BCUT2D eigenvalue weighted by atomic mass is 10.1. The van der Waals surface area contributed by atoms with Gasteiger partial charge < -0.3 is 9.84 Å². The zero-order chi connectivity index (χ0) is 10.8. The van der Waals surface area contributed by atoms with E-state index in [2.05, 4.69) is 6.58 Å². The van der Waals surface area contributed by atoms with Crippen molar-refractivity contribution in [1.29, 1.82) is 0 Å². The first-order valence-corrected chi connectivity index (χ1v) is 4.72. The number of rotatable bonds is 2. The first kappa shape index (κ1) is 9.59. The van der Waals surface area contributed by atoms with Gasteiger partial charge in [0.1, 0.15) is 11.5 Å². The SMILES string of the molecule is C=C(C)Oc1cccc2ccc(O)cc12. The van der Waals surface area contributed by atoms with E-state index in [1.165, 1.54) is 0 Å². The van der Waals surface area contributed by atoms with Crippen molar-refractivity contribution in [2.45, 2.75) is 6.92 Å². The zero-order valence-electron chi connectivity index (χ0n) is 8.53. The van der Waals surface area contributed by atoms with Gasteiger partial charge in [0, 0.05) is 5.39 Å². The molecule has 15 heavy (non-hydrogen) atoms. The third-order valence-electron chi connectivity index (χ3n) is 2.11. The largest absolute Gasteiger partial charge is 0.508 e. The minimum Gasteiger partial charge on any atom is -0.508 e. The topological polar surface area (TPSA) is 29.5 Å². The molecule has 0 heterocycles. The van der Waals surface area contributed by atoms with Gasteiger partial charge in [-0.05, 0) is 30.5 Å². The van der Waals surface area contributed by atoms with Crippen LogP contribution in [-0.4, -0.2) is 5.11 Å². The Labute approximate surface area is 88.4 Å². The molecule has 0 bridgehead atoms. The van der Waals surface area contributed by atoms with Crippen LogP contribution in [0.2, 0.25) is 0 Å². The van der Waals surface area contributed by atoms with Crippen LogP contribution < -0.4 is 4.74 Å². The van der Waals surface area contributed by atoms with Gasteiger partial charge in [0.2, 0.25) is 0 Å². The highest BCUT2D eigenvalue weighted by Crippen LogP contribution is 2.29. The Kier molecular flexibility index (Phi) is 2.34. The number of fused-ring (bicyclic) bond motifs is 1. The van der Waals surface area contributed by atoms with Gasteiger partial charge in [-0.3, -0.25) is 0 Å². The maximum absolute atomic E-state index is 9.41. The second-order valence-electron chi connectivity index (χ2n) is 3.47. The van der Waals surface area contributed by atoms with Crippen LogP contribution in [0.15, 0.2) is 48.7 Å². The molecule has 2 rings (SSSR count). The predicted octanol–water partition coefficient (Wildman–Crippen LogP) is 3.46. The van der Waals surface area contributed by atoms with Crippen molar-refractivity contribution in [2.75, 3.05) is 0 Å². The molecular formula is C13H12O2. The monoisotopic (exact) mass is 200 g/mol. The van der Waals surface area contributed by atoms with Crippen molar-refractivity contribution in [3.05, 3.63) is 48.7 Å². The van der Waals surface area contributed by atoms with Gasteiger partial charge in [-0.1, -0.05) is 24.8 Å². The summed E-state index contributed by atoms with van der Waals surface area (Å²) < 4.78 is 5.48. The van der Waals surface area contributed by atoms with Gasteiger partial charge in [0.05, 0.1) is 5.76 Å². The number of ether oxygens (including phenoxy) is 1. The minimum absolute atomic E-state index is 0.236. The van der Waals surface area contributed by atoms with Crippen LogP contribution in [0.1, 0.15) is 6.92 Å². The first-order chi connectivity index (χ1) is 7.16. The fourth-order valence-corrected chi connectivity index (χ4v) is 1.51. The van der Waals surface area contributed by atoms with E-state index in [0.29, 0.717) is 5.76 Å². The van der Waals surface area contributed by atoms with Crippen molar-refractivity contribution in [3.8, 4) is 11.5 Å². The summed E-state index contributed by atoms with van der Waals surface area (Å²) in [7, 11) is 0. The lowest BCUT2D eigenvalue weighted by Crippen LogP contribution is -1.89. The Morgan fingerprint density at radius 2 is 2.07 bits per heavy atom. The molecule has 76 valence electrons. The zero-order valence-corrected chi connectivity index (χ0v) is 8.53. The maximum Gasteiger partial charge on any atom is 0.134 e. The van der Waals surface area contributed by atoms with E-state index >= 15 is 0 Å². The molecule has 0 saturated carbocycles. The molecule has 0 aliphatic rings. The standard InChI is InChI=1S/C13H12O2/c1-9(2)15-13-5-3-4-10-6-7-11(14)8-12(10)13/h3-8,14H,1H2,2H3. The lowest BCUT2D eigenvalue weighted by Gasteiger charge is -2.08. The van der Waals surface area contributed by atoms with Crippen LogP contribution >= 0.6 is 0 Å². The van der Waals surface area contributed by atoms with Crippen LogP contribution in [0, 0.1) is 0 Å². The number of allylic oxidation sites excluding steroid dienone is 1. The van der Waals surface area contributed by atoms with Crippen LogP contribution in [0.4, 0.5) is 0 Å². The molecule has 0 unspecified atom stereocenters. The van der Waals surface area contributed by atoms with Crippen molar-refractivity contribution in [1.82, 2.24) is 0 Å². The second-order valence-corrected chi connectivity index (χ2v) is 3.47. The summed E-state index contributed by atoms with van der Waals surface area (Å²) in [6.45, 7) is 5.49. The molecule has 0 aromatic heterocycles. The average molecular weight is 200 g/mol. The number of hydrogen-bond donors (Lipinski definition) is 1. The smallest absolute Gasteiger partial charge is 0.134 e. The molecule has 0 aliphatic carbocycles. The Hall–Kier alpha value is -1.96. The third kappa shape index (κ3) is 1.94. The summed E-state index contributed by atoms with van der Waals surface area (Å²) >= 11 is 0. The van der Waals surface area contributed by atoms with E-state index in [9.17, 15) is 5.11 Å². The normalized spacial score (nSPS) is 10.2. The van der Waals surface area contributed by atoms with Crippen molar-refractivity contribution < 1.29 is 9.84 Å². The van der Waals surface area contributed by atoms with Crippen LogP contribution in [-0.2, 0) is 0 Å². The quantitative estimate of drug-likeness (QED) is 0.752. The highest BCUT2D eigenvalue weighted by atomic mass is 16.5. The Balaban J connectivity index is 2.63. The summed E-state index contributed by atoms with van der Waals surface area (Å²) in [6.07, 6.45) is 0. The summed E-state index contributed by atoms with van der Waals surface area (Å²) in [5, 5.41) is 11.3. The molecule has 0 amide bonds. The van der Waals surface area contributed by atoms with E-state index in [0.717, 1.165) is 16.5 Å². The molecule has 0 saturated heterocycles. The third-order valence-corrected chi connectivity index (χ3v) is 2.11. The minimum atomic E-state index is 0.236. The molecule has 0 aliphatic heterocycles. The van der Waals surface area contributed by atoms with E-state index in [4.69, 9.17) is 4.74 Å². The van der Waals surface area contributed by atoms with E-state index in [-0.39, 0.29) is 5.75 Å². The summed E-state index contributed by atoms with van der Waals surface area (Å²) in [4.78, 5) is 0. The Bertz CT molecular complexity index is 515. The lowest BCUT2D eigenvalue weighted by molar-refractivity contribution is 0.435. The molecule has 0 atom stereocenters. The van der Waals surface area contributed by atoms with Gasteiger partial charge in [0.15, 0.2) is 0 Å². The van der Waals surface area contributed by atoms with Gasteiger partial charge in [0.25, 0.3) is 0 Å². The number of benzene rings is 2. The van der Waals surface area contributed by atoms with Crippen LogP contribution in [0.3, 0.4) is 0 Å². The summed E-state index contributed by atoms with van der Waals surface area (Å²) in [5.74, 6) is 1.59. The average Bonchev–Trinajstić information content (AvgIpc) is 2.18. The summed E-state index contributed by atoms with van der Waals surface area (Å²) in [5.41, 5.74) is 0. The molecule has 0 fully saturated rings. The van der Waals surface area contributed by atoms with Crippen LogP contribution in [0.25, 0.3) is 10.8 Å². The van der Waals surface area contributed by atoms with E-state index in [1.54, 1.807) is 19.1 Å². The Morgan fingerprint density at radius 3 is 2.80 bits per heavy atom. The molecule has 0 spiro atoms.